The van der Waals surface area contributed by atoms with Gasteiger partial charge in [0.2, 0.25) is 11.8 Å². The number of nitrogens with zero attached hydrogens (tertiary/aromatic N) is 3. The van der Waals surface area contributed by atoms with Crippen LogP contribution in [-0.4, -0.2) is 33.7 Å². The van der Waals surface area contributed by atoms with Crippen LogP contribution in [0.4, 0.5) is 10.2 Å². The molecule has 1 aliphatic carbocycles. The molecule has 3 aromatic heterocycles. The fourth-order valence-corrected chi connectivity index (χ4v) is 2.88. The molecule has 3 heterocycles. The third-order valence-electron chi connectivity index (χ3n) is 4.37. The Hall–Kier alpha value is -2.96. The number of hydrogen-bond acceptors (Lipinski definition) is 4. The van der Waals surface area contributed by atoms with Crippen LogP contribution in [0.5, 0.6) is 5.88 Å². The highest BCUT2D eigenvalue weighted by molar-refractivity contribution is 5.96. The van der Waals surface area contributed by atoms with Crippen LogP contribution in [0.3, 0.4) is 0 Å². The minimum absolute atomic E-state index is 0.00221. The zero-order valence-electron chi connectivity index (χ0n) is 16.4. The molecule has 0 aromatic carbocycles. The van der Waals surface area contributed by atoms with Crippen molar-refractivity contribution in [2.24, 2.45) is 13.0 Å². The van der Waals surface area contributed by atoms with E-state index in [0.29, 0.717) is 17.1 Å². The normalized spacial score (nSPS) is 21.3. The second kappa shape index (κ2) is 5.84. The number of alkyl halides is 1. The number of pyridine rings is 2. The summed E-state index contributed by atoms with van der Waals surface area (Å²) in [5, 5.41) is 3.40. The van der Waals surface area contributed by atoms with Crippen molar-refractivity contribution in [2.45, 2.75) is 12.6 Å². The summed E-state index contributed by atoms with van der Waals surface area (Å²) in [6.07, 6.45) is 2.22. The van der Waals surface area contributed by atoms with Gasteiger partial charge in [0.05, 0.1) is 40.0 Å². The number of fused-ring (bicyclic) bond motifs is 1. The van der Waals surface area contributed by atoms with Crippen molar-refractivity contribution < 1.29 is 18.0 Å². The summed E-state index contributed by atoms with van der Waals surface area (Å²) in [7, 11) is -0.814. The molecule has 0 spiro atoms. The van der Waals surface area contributed by atoms with Crippen LogP contribution in [0.1, 0.15) is 10.5 Å². The molecule has 3 aromatic rings. The van der Waals surface area contributed by atoms with Crippen molar-refractivity contribution in [2.75, 3.05) is 12.4 Å². The first kappa shape index (κ1) is 12.4. The fourth-order valence-electron chi connectivity index (χ4n) is 2.88. The summed E-state index contributed by atoms with van der Waals surface area (Å²) < 4.78 is 41.9. The molecule has 1 fully saturated rings. The molecule has 1 aliphatic rings. The lowest BCUT2D eigenvalue weighted by Crippen LogP contribution is -2.15. The van der Waals surface area contributed by atoms with E-state index in [1.54, 1.807) is 24.4 Å². The summed E-state index contributed by atoms with van der Waals surface area (Å²) in [5.74, 6) is -0.647. The van der Waals surface area contributed by atoms with E-state index >= 15 is 0 Å². The van der Waals surface area contributed by atoms with Crippen LogP contribution < -0.4 is 10.1 Å². The maximum Gasteiger partial charge on any atom is 0.231 e. The molecule has 2 atom stereocenters. The molecule has 0 aliphatic heterocycles. The highest BCUT2D eigenvalue weighted by Gasteiger charge is 2.43. The predicted molar refractivity (Wildman–Crippen MR) is 92.1 cm³/mol. The number of carbonyl (C=O) groups excluding carboxylic acids is 1. The lowest BCUT2D eigenvalue weighted by Gasteiger charge is -2.08. The Morgan fingerprint density at radius 3 is 3.08 bits per heavy atom. The molecule has 4 rings (SSSR count). The first-order valence-electron chi connectivity index (χ1n) is 9.28. The van der Waals surface area contributed by atoms with E-state index in [2.05, 4.69) is 15.3 Å². The van der Waals surface area contributed by atoms with Gasteiger partial charge in [0.25, 0.3) is 0 Å². The van der Waals surface area contributed by atoms with Gasteiger partial charge in [-0.3, -0.25) is 4.79 Å². The van der Waals surface area contributed by atoms with Gasteiger partial charge < -0.3 is 14.6 Å². The first-order chi connectivity index (χ1) is 13.2. The zero-order valence-corrected chi connectivity index (χ0v) is 13.4. The minimum Gasteiger partial charge on any atom is -0.481 e. The molecule has 25 heavy (non-hydrogen) atoms. The quantitative estimate of drug-likeness (QED) is 0.791. The van der Waals surface area contributed by atoms with Gasteiger partial charge >= 0.3 is 0 Å². The third kappa shape index (κ3) is 2.71. The zero-order chi connectivity index (χ0) is 20.1. The number of anilines is 1. The Balaban J connectivity index is 1.69. The van der Waals surface area contributed by atoms with Crippen molar-refractivity contribution in [3.05, 3.63) is 36.7 Å². The van der Waals surface area contributed by atoms with Gasteiger partial charge in [0.15, 0.2) is 0 Å². The summed E-state index contributed by atoms with van der Waals surface area (Å²) >= 11 is 0. The smallest absolute Gasteiger partial charge is 0.231 e. The van der Waals surface area contributed by atoms with E-state index in [9.17, 15) is 9.18 Å². The molecule has 0 saturated heterocycles. The van der Waals surface area contributed by atoms with Gasteiger partial charge in [-0.05, 0) is 30.7 Å². The molecular formula is C18H17FN4O2. The van der Waals surface area contributed by atoms with Crippen LogP contribution >= 0.6 is 0 Å². The third-order valence-corrected chi connectivity index (χ3v) is 4.37. The van der Waals surface area contributed by atoms with E-state index in [1.165, 1.54) is 6.20 Å². The number of ether oxygens (including phenoxy) is 1. The largest absolute Gasteiger partial charge is 0.481 e. The van der Waals surface area contributed by atoms with E-state index < -0.39 is 19.1 Å². The van der Waals surface area contributed by atoms with Crippen molar-refractivity contribution in [3.8, 4) is 17.1 Å². The predicted octanol–water partition coefficient (Wildman–Crippen LogP) is 2.94. The first-order valence-corrected chi connectivity index (χ1v) is 7.78. The second-order valence-corrected chi connectivity index (χ2v) is 6.02. The monoisotopic (exact) mass is 343 g/mol. The molecule has 128 valence electrons. The average Bonchev–Trinajstić information content (AvgIpc) is 3.27. The van der Waals surface area contributed by atoms with Crippen LogP contribution in [0.15, 0.2) is 36.7 Å². The highest BCUT2D eigenvalue weighted by atomic mass is 19.1. The Kier molecular flexibility index (Phi) is 2.90. The van der Waals surface area contributed by atoms with Crippen LogP contribution in [0, 0.1) is 5.92 Å². The molecule has 0 bridgehead atoms. The van der Waals surface area contributed by atoms with Crippen LogP contribution in [0.2, 0.25) is 0 Å². The molecule has 0 unspecified atom stereocenters. The highest BCUT2D eigenvalue weighted by Crippen LogP contribution is 2.35. The molecule has 0 radical (unpaired) electrons. The molecule has 1 amide bonds. The number of nitrogens with one attached hydrogen (secondary N) is 1. The van der Waals surface area contributed by atoms with Crippen molar-refractivity contribution in [1.82, 2.24) is 14.5 Å². The second-order valence-electron chi connectivity index (χ2n) is 6.02. The summed E-state index contributed by atoms with van der Waals surface area (Å²) in [5.41, 5.74) is 1.96. The Morgan fingerprint density at radius 1 is 1.48 bits per heavy atom. The molecule has 7 heteroatoms. The summed E-state index contributed by atoms with van der Waals surface area (Å²) in [6, 6.07) is 6.91. The van der Waals surface area contributed by atoms with Gasteiger partial charge in [-0.1, -0.05) is 0 Å². The van der Waals surface area contributed by atoms with Crippen molar-refractivity contribution >= 4 is 22.6 Å². The molecule has 6 nitrogen and oxygen atoms in total. The lowest BCUT2D eigenvalue weighted by atomic mass is 10.2. The van der Waals surface area contributed by atoms with Gasteiger partial charge in [0, 0.05) is 18.6 Å². The maximum atomic E-state index is 13.0. The fraction of sp³-hybridized carbons (Fsp3) is 0.278. The number of aryl methyl sites for hydroxylation is 1. The Labute approximate surface area is 147 Å². The number of amides is 1. The van der Waals surface area contributed by atoms with Crippen molar-refractivity contribution in [1.29, 1.82) is 0 Å². The number of hydrogen-bond donors (Lipinski definition) is 1. The topological polar surface area (TPSA) is 69.0 Å². The van der Waals surface area contributed by atoms with Gasteiger partial charge in [-0.2, -0.15) is 0 Å². The minimum atomic E-state index is -2.62. The number of carbonyl (C=O) groups is 1. The van der Waals surface area contributed by atoms with Gasteiger partial charge in [-0.25, -0.2) is 14.4 Å². The number of aromatic nitrogens is 3. The standard InChI is InChI=1S/C18H17FN4O2/c1-23-14(11-4-3-5-20-18(11)25-2)6-10-7-16(21-9-15(10)23)22-17(24)12-8-13(12)19/h3-7,9,12-13H,8H2,1-2H3,(H,21,22,24)/t12-,13+/m0/s1/i2D3. The number of halogens is 1. The van der Waals surface area contributed by atoms with Crippen LogP contribution in [0.25, 0.3) is 22.2 Å². The molecule has 1 N–H and O–H groups in total. The van der Waals surface area contributed by atoms with E-state index in [4.69, 9.17) is 8.85 Å². The Bertz CT molecular complexity index is 1070. The van der Waals surface area contributed by atoms with Crippen LogP contribution in [-0.2, 0) is 11.8 Å². The van der Waals surface area contributed by atoms with E-state index in [-0.39, 0.29) is 18.2 Å². The average molecular weight is 343 g/mol. The maximum absolute atomic E-state index is 13.0. The van der Waals surface area contributed by atoms with Gasteiger partial charge in [0.1, 0.15) is 12.0 Å². The lowest BCUT2D eigenvalue weighted by molar-refractivity contribution is -0.117. The van der Waals surface area contributed by atoms with Crippen molar-refractivity contribution in [3.63, 3.8) is 0 Å². The van der Waals surface area contributed by atoms with Gasteiger partial charge in [-0.15, -0.1) is 0 Å². The number of rotatable bonds is 4. The molecule has 1 saturated carbocycles. The SMILES string of the molecule is [2H]C([2H])([2H])Oc1ncccc1-c1cc2cc(NC(=O)[C@H]3C[C@H]3F)ncc2n1C. The van der Waals surface area contributed by atoms with E-state index in [0.717, 1.165) is 10.9 Å². The summed E-state index contributed by atoms with van der Waals surface area (Å²) in [6.45, 7) is 0. The molecular weight excluding hydrogens is 323 g/mol. The van der Waals surface area contributed by atoms with E-state index in [1.807, 2.05) is 17.7 Å². The summed E-state index contributed by atoms with van der Waals surface area (Å²) in [4.78, 5) is 20.2. The Morgan fingerprint density at radius 2 is 2.32 bits per heavy atom. The number of methoxy groups -OCH3 is 1.